The molecule has 26 heavy (non-hydrogen) atoms. The molecular weight excluding hydrogens is 338 g/mol. The first-order chi connectivity index (χ1) is 12.4. The first kappa shape index (κ1) is 23.6. The number of carbonyl (C=O) groups is 1. The number of phenolic OH excluding ortho intramolecular Hbond substituents is 1. The van der Waals surface area contributed by atoms with Crippen LogP contribution < -0.4 is 10.1 Å². The van der Waals surface area contributed by atoms with Crippen molar-refractivity contribution in [1.29, 1.82) is 0 Å². The number of ether oxygens (including phenoxy) is 1. The number of methoxy groups -OCH3 is 1. The van der Waals surface area contributed by atoms with E-state index in [0.29, 0.717) is 36.4 Å². The number of aliphatic hydroxyl groups is 2. The number of carboxylic acids is 1. The summed E-state index contributed by atoms with van der Waals surface area (Å²) in [6, 6.07) is 3.34. The van der Waals surface area contributed by atoms with Crippen molar-refractivity contribution in [2.24, 2.45) is 0 Å². The van der Waals surface area contributed by atoms with Crippen LogP contribution in [-0.4, -0.2) is 59.8 Å². The number of aliphatic hydroxyl groups excluding tert-OH is 2. The fourth-order valence-corrected chi connectivity index (χ4v) is 1.91. The minimum absolute atomic E-state index is 0.0503. The first-order valence-electron chi connectivity index (χ1n) is 8.23. The number of benzene rings is 1. The number of hydrogen-bond donors (Lipinski definition) is 5. The number of carboxylic acid groups (broad SMARTS) is 1. The second kappa shape index (κ2) is 13.9. The predicted octanol–water partition coefficient (Wildman–Crippen LogP) is 1.57. The second-order valence-corrected chi connectivity index (χ2v) is 5.54. The Bertz CT molecular complexity index is 602. The van der Waals surface area contributed by atoms with E-state index in [9.17, 15) is 9.90 Å². The molecule has 0 atom stereocenters. The summed E-state index contributed by atoms with van der Waals surface area (Å²) in [6.07, 6.45) is 4.86. The molecule has 0 saturated heterocycles. The highest BCUT2D eigenvalue weighted by Crippen LogP contribution is 2.33. The van der Waals surface area contributed by atoms with Crippen molar-refractivity contribution < 1.29 is 30.0 Å². The van der Waals surface area contributed by atoms with Crippen LogP contribution in [0.2, 0.25) is 0 Å². The van der Waals surface area contributed by atoms with Gasteiger partial charge in [0.05, 0.1) is 20.3 Å². The molecule has 7 nitrogen and oxygen atoms in total. The summed E-state index contributed by atoms with van der Waals surface area (Å²) < 4.78 is 5.21. The zero-order chi connectivity index (χ0) is 19.9. The van der Waals surface area contributed by atoms with Crippen LogP contribution in [0.1, 0.15) is 25.0 Å². The molecule has 0 unspecified atom stereocenters. The van der Waals surface area contributed by atoms with Gasteiger partial charge in [-0.1, -0.05) is 11.6 Å². The molecule has 0 aromatic heterocycles. The Morgan fingerprint density at radius 2 is 1.81 bits per heavy atom. The third-order valence-corrected chi connectivity index (χ3v) is 3.19. The number of aliphatic carboxylic acids is 1. The van der Waals surface area contributed by atoms with E-state index < -0.39 is 5.97 Å². The maximum atomic E-state index is 10.5. The Labute approximate surface area is 154 Å². The highest BCUT2D eigenvalue weighted by Gasteiger charge is 2.11. The maximum absolute atomic E-state index is 10.5. The molecule has 0 heterocycles. The third-order valence-electron chi connectivity index (χ3n) is 3.19. The van der Waals surface area contributed by atoms with Crippen molar-refractivity contribution in [3.63, 3.8) is 0 Å². The Morgan fingerprint density at radius 3 is 2.27 bits per heavy atom. The van der Waals surface area contributed by atoms with Crippen LogP contribution in [0, 0.1) is 0 Å². The molecule has 1 rings (SSSR count). The second-order valence-electron chi connectivity index (χ2n) is 5.54. The van der Waals surface area contributed by atoms with Gasteiger partial charge in [-0.15, -0.1) is 0 Å². The molecule has 7 heteroatoms. The van der Waals surface area contributed by atoms with E-state index >= 15 is 0 Å². The standard InChI is InChI=1S/C15H18O4.C4H11NO2/c1-10(2)4-7-12-13(19-3)8-5-11(15(12)18)6-9-14(16)17;6-3-1-5-2-4-7/h4-6,8-9,18H,7H2,1-3H3,(H,16,17);5-7H,1-4H2/b9-6+;. The lowest BCUT2D eigenvalue weighted by Crippen LogP contribution is -2.21. The van der Waals surface area contributed by atoms with Gasteiger partial charge >= 0.3 is 5.97 Å². The number of allylic oxidation sites excluding steroid dienone is 2. The molecule has 0 fully saturated rings. The smallest absolute Gasteiger partial charge is 0.328 e. The first-order valence-corrected chi connectivity index (χ1v) is 8.23. The van der Waals surface area contributed by atoms with Crippen molar-refractivity contribution in [1.82, 2.24) is 5.32 Å². The lowest BCUT2D eigenvalue weighted by atomic mass is 10.0. The maximum Gasteiger partial charge on any atom is 0.328 e. The fourth-order valence-electron chi connectivity index (χ4n) is 1.91. The minimum atomic E-state index is -1.05. The number of rotatable bonds is 9. The minimum Gasteiger partial charge on any atom is -0.507 e. The number of nitrogens with one attached hydrogen (secondary N) is 1. The van der Waals surface area contributed by atoms with E-state index in [0.717, 1.165) is 11.6 Å². The Kier molecular flexibility index (Phi) is 12.6. The highest BCUT2D eigenvalue weighted by atomic mass is 16.5. The number of phenols is 1. The van der Waals surface area contributed by atoms with Crippen LogP contribution in [0.15, 0.2) is 29.9 Å². The summed E-state index contributed by atoms with van der Waals surface area (Å²) >= 11 is 0. The summed E-state index contributed by atoms with van der Waals surface area (Å²) in [7, 11) is 1.54. The van der Waals surface area contributed by atoms with Crippen molar-refractivity contribution in [2.45, 2.75) is 20.3 Å². The average Bonchev–Trinajstić information content (AvgIpc) is 2.60. The van der Waals surface area contributed by atoms with Crippen LogP contribution in [0.3, 0.4) is 0 Å². The van der Waals surface area contributed by atoms with Gasteiger partial charge in [0.25, 0.3) is 0 Å². The van der Waals surface area contributed by atoms with Crippen LogP contribution in [-0.2, 0) is 11.2 Å². The van der Waals surface area contributed by atoms with Gasteiger partial charge in [0, 0.05) is 30.3 Å². The Hall–Kier alpha value is -2.35. The predicted molar refractivity (Wildman–Crippen MR) is 102 cm³/mol. The lowest BCUT2D eigenvalue weighted by Gasteiger charge is -2.11. The van der Waals surface area contributed by atoms with Gasteiger partial charge in [-0.3, -0.25) is 0 Å². The summed E-state index contributed by atoms with van der Waals surface area (Å²) in [5.41, 5.74) is 2.24. The van der Waals surface area contributed by atoms with Gasteiger partial charge in [0.2, 0.25) is 0 Å². The normalized spacial score (nSPS) is 10.2. The van der Waals surface area contributed by atoms with Crippen molar-refractivity contribution in [3.8, 4) is 11.5 Å². The molecule has 0 radical (unpaired) electrons. The summed E-state index contributed by atoms with van der Waals surface area (Å²) in [4.78, 5) is 10.5. The molecular formula is C19H29NO6. The highest BCUT2D eigenvalue weighted by molar-refractivity contribution is 5.86. The molecule has 5 N–H and O–H groups in total. The largest absolute Gasteiger partial charge is 0.507 e. The van der Waals surface area contributed by atoms with Gasteiger partial charge in [-0.25, -0.2) is 4.79 Å². The van der Waals surface area contributed by atoms with Crippen LogP contribution in [0.25, 0.3) is 6.08 Å². The van der Waals surface area contributed by atoms with Crippen LogP contribution >= 0.6 is 0 Å². The molecule has 0 aliphatic rings. The molecule has 0 aliphatic heterocycles. The zero-order valence-electron chi connectivity index (χ0n) is 15.5. The van der Waals surface area contributed by atoms with E-state index in [1.165, 1.54) is 13.2 Å². The molecule has 0 saturated carbocycles. The van der Waals surface area contributed by atoms with Gasteiger partial charge < -0.3 is 30.5 Å². The summed E-state index contributed by atoms with van der Waals surface area (Å²) in [6.45, 7) is 5.36. The summed E-state index contributed by atoms with van der Waals surface area (Å²) in [5.74, 6) is -0.419. The molecule has 0 amide bonds. The zero-order valence-corrected chi connectivity index (χ0v) is 15.5. The van der Waals surface area contributed by atoms with Crippen LogP contribution in [0.4, 0.5) is 0 Å². The molecule has 0 aliphatic carbocycles. The van der Waals surface area contributed by atoms with E-state index in [2.05, 4.69) is 5.32 Å². The quantitative estimate of drug-likeness (QED) is 0.255. The Balaban J connectivity index is 0.000000758. The molecule has 0 bridgehead atoms. The monoisotopic (exact) mass is 367 g/mol. The molecule has 1 aromatic carbocycles. The van der Waals surface area contributed by atoms with Crippen molar-refractivity contribution >= 4 is 12.0 Å². The van der Waals surface area contributed by atoms with E-state index in [1.54, 1.807) is 12.1 Å². The van der Waals surface area contributed by atoms with Gasteiger partial charge in [-0.05, 0) is 38.5 Å². The fraction of sp³-hybridized carbons (Fsp3) is 0.421. The average molecular weight is 367 g/mol. The van der Waals surface area contributed by atoms with Gasteiger partial charge in [0.1, 0.15) is 11.5 Å². The molecule has 1 aromatic rings. The van der Waals surface area contributed by atoms with E-state index in [-0.39, 0.29) is 19.0 Å². The number of hydrogen-bond acceptors (Lipinski definition) is 6. The van der Waals surface area contributed by atoms with E-state index in [1.807, 2.05) is 19.9 Å². The topological polar surface area (TPSA) is 119 Å². The number of aromatic hydroxyl groups is 1. The van der Waals surface area contributed by atoms with Crippen LogP contribution in [0.5, 0.6) is 11.5 Å². The molecule has 146 valence electrons. The van der Waals surface area contributed by atoms with Crippen molar-refractivity contribution in [3.05, 3.63) is 41.0 Å². The van der Waals surface area contributed by atoms with Gasteiger partial charge in [-0.2, -0.15) is 0 Å². The SMILES string of the molecule is COc1ccc(/C=C/C(=O)O)c(O)c1CC=C(C)C.OCCNCCO. The summed E-state index contributed by atoms with van der Waals surface area (Å²) in [5, 5.41) is 37.9. The van der Waals surface area contributed by atoms with Crippen molar-refractivity contribution in [2.75, 3.05) is 33.4 Å². The third kappa shape index (κ3) is 9.83. The lowest BCUT2D eigenvalue weighted by molar-refractivity contribution is -0.131. The van der Waals surface area contributed by atoms with E-state index in [4.69, 9.17) is 20.1 Å². The van der Waals surface area contributed by atoms with Gasteiger partial charge in [0.15, 0.2) is 0 Å². The molecule has 0 spiro atoms. The Morgan fingerprint density at radius 1 is 1.19 bits per heavy atom.